The third kappa shape index (κ3) is 13.7. The SMILES string of the molecule is [C-]#[N+]Nc1nc(Cl)nc(Nc2ccc(S(=O)(=O)O)c(/N=N/c3c(NCS(=O)(=O)O)ccc4c(O)c(/N=N/c5ccc(S(=O)(=O)CCOSOOO)cc5S(=O)(=O)O)c(SOOO)cc34)c2)n1. The van der Waals surface area contributed by atoms with Crippen LogP contribution >= 0.6 is 36.0 Å². The Morgan fingerprint density at radius 1 is 0.758 bits per heavy atom. The normalized spacial score (nSPS) is 12.5. The van der Waals surface area contributed by atoms with Crippen LogP contribution in [0.25, 0.3) is 15.7 Å². The lowest BCUT2D eigenvalue weighted by atomic mass is 10.1. The molecule has 0 radical (unpaired) electrons. The number of phenolic OH excluding ortho intramolecular Hbond substituents is 1. The molecule has 1 aromatic heterocycles. The van der Waals surface area contributed by atoms with Gasteiger partial charge < -0.3 is 15.7 Å². The van der Waals surface area contributed by atoms with Crippen LogP contribution in [-0.4, -0.2) is 96.1 Å². The van der Waals surface area contributed by atoms with E-state index in [4.69, 9.17) is 32.9 Å². The lowest BCUT2D eigenvalue weighted by Gasteiger charge is -2.14. The molecule has 0 bridgehead atoms. The zero-order valence-electron chi connectivity index (χ0n) is 31.7. The molecule has 4 aromatic carbocycles. The molecule has 0 saturated carbocycles. The minimum Gasteiger partial charge on any atom is -0.505 e. The van der Waals surface area contributed by atoms with E-state index in [1.807, 2.05) is 0 Å². The van der Waals surface area contributed by atoms with Crippen molar-refractivity contribution >= 4 is 133 Å². The van der Waals surface area contributed by atoms with Gasteiger partial charge in [-0.05, 0) is 66.2 Å². The smallest absolute Gasteiger partial charge is 0.299 e. The van der Waals surface area contributed by atoms with E-state index in [1.54, 1.807) is 0 Å². The first kappa shape index (κ1) is 51.4. The number of nitrogens with one attached hydrogen (secondary N) is 3. The van der Waals surface area contributed by atoms with Crippen molar-refractivity contribution < 1.29 is 85.9 Å². The number of aromatic nitrogens is 3. The number of hydrogen-bond donors (Lipinski definition) is 9. The monoisotopic (exact) mass is 1060 g/mol. The van der Waals surface area contributed by atoms with Crippen LogP contribution in [0.3, 0.4) is 0 Å². The molecular weight excluding hydrogens is 1030 g/mol. The Balaban J connectivity index is 1.65. The quantitative estimate of drug-likeness (QED) is 0.00712. The van der Waals surface area contributed by atoms with E-state index in [2.05, 4.69) is 75.2 Å². The molecule has 0 fully saturated rings. The van der Waals surface area contributed by atoms with Crippen LogP contribution < -0.4 is 16.1 Å². The number of nitrogens with zero attached hydrogens (tertiary/aromatic N) is 8. The molecule has 0 unspecified atom stereocenters. The van der Waals surface area contributed by atoms with Crippen molar-refractivity contribution in [2.24, 2.45) is 20.5 Å². The van der Waals surface area contributed by atoms with Crippen molar-refractivity contribution in [3.8, 4) is 5.75 Å². The highest BCUT2D eigenvalue weighted by atomic mass is 35.5. The second-order valence-corrected chi connectivity index (χ2v) is 19.8. The Kier molecular flexibility index (Phi) is 17.0. The second kappa shape index (κ2) is 21.8. The molecule has 352 valence electrons. The maximum Gasteiger partial charge on any atom is 0.299 e. The number of aromatic hydroxyl groups is 1. The number of sulfone groups is 1. The number of anilines is 4. The average molecular weight is 1060 g/mol. The molecule has 1 heterocycles. The summed E-state index contributed by atoms with van der Waals surface area (Å²) in [5.74, 6) is -3.27. The molecule has 30 nitrogen and oxygen atoms in total. The van der Waals surface area contributed by atoms with Gasteiger partial charge in [0.05, 0.1) is 39.9 Å². The van der Waals surface area contributed by atoms with Gasteiger partial charge in [0.15, 0.2) is 27.9 Å². The van der Waals surface area contributed by atoms with Crippen LogP contribution in [0.4, 0.5) is 46.0 Å². The molecule has 9 N–H and O–H groups in total. The van der Waals surface area contributed by atoms with Crippen molar-refractivity contribution in [2.75, 3.05) is 34.3 Å². The molecule has 5 aromatic rings. The highest BCUT2D eigenvalue weighted by Gasteiger charge is 2.25. The maximum atomic E-state index is 12.9. The third-order valence-electron chi connectivity index (χ3n) is 7.69. The van der Waals surface area contributed by atoms with Gasteiger partial charge in [-0.3, -0.25) is 17.8 Å². The Morgan fingerprint density at radius 2 is 1.44 bits per heavy atom. The zero-order chi connectivity index (χ0) is 48.5. The fourth-order valence-electron chi connectivity index (χ4n) is 5.07. The molecule has 0 atom stereocenters. The highest BCUT2D eigenvalue weighted by Crippen LogP contribution is 2.48. The van der Waals surface area contributed by atoms with Crippen molar-refractivity contribution in [3.05, 3.63) is 71.4 Å². The van der Waals surface area contributed by atoms with Gasteiger partial charge in [0.2, 0.25) is 11.2 Å². The van der Waals surface area contributed by atoms with Gasteiger partial charge in [-0.15, -0.1) is 29.1 Å². The Labute approximate surface area is 383 Å². The van der Waals surface area contributed by atoms with Crippen molar-refractivity contribution in [1.82, 2.24) is 15.0 Å². The molecular formula is C29H24ClN11O19S6. The Bertz CT molecular complexity index is 3220. The molecule has 0 saturated heterocycles. The second-order valence-electron chi connectivity index (χ2n) is 11.9. The van der Waals surface area contributed by atoms with Crippen LogP contribution in [0.2, 0.25) is 5.28 Å². The summed E-state index contributed by atoms with van der Waals surface area (Å²) in [5, 5.41) is 55.5. The van der Waals surface area contributed by atoms with Gasteiger partial charge in [-0.25, -0.2) is 18.9 Å². The van der Waals surface area contributed by atoms with Gasteiger partial charge in [-0.1, -0.05) is 15.5 Å². The van der Waals surface area contributed by atoms with E-state index in [0.29, 0.717) is 6.07 Å². The Hall–Kier alpha value is -5.57. The zero-order valence-corrected chi connectivity index (χ0v) is 37.4. The Morgan fingerprint density at radius 3 is 2.11 bits per heavy atom. The van der Waals surface area contributed by atoms with E-state index < -0.39 is 102 Å². The van der Waals surface area contributed by atoms with Crippen LogP contribution in [0, 0.1) is 6.57 Å². The van der Waals surface area contributed by atoms with Crippen LogP contribution in [-0.2, 0) is 63.1 Å². The first-order valence-electron chi connectivity index (χ1n) is 16.6. The van der Waals surface area contributed by atoms with Crippen molar-refractivity contribution in [2.45, 2.75) is 19.6 Å². The third-order valence-corrected chi connectivity index (χ3v) is 12.8. The number of hydrogen-bond acceptors (Lipinski definition) is 28. The fourth-order valence-corrected chi connectivity index (χ4v) is 8.82. The predicted octanol–water partition coefficient (Wildman–Crippen LogP) is 6.16. The summed E-state index contributed by atoms with van der Waals surface area (Å²) in [6.45, 7) is 6.39. The first-order chi connectivity index (χ1) is 31.0. The van der Waals surface area contributed by atoms with Gasteiger partial charge >= 0.3 is 0 Å². The molecule has 0 aliphatic heterocycles. The maximum absolute atomic E-state index is 12.9. The summed E-state index contributed by atoms with van der Waals surface area (Å²) in [6.07, 6.45) is 0. The summed E-state index contributed by atoms with van der Waals surface area (Å²) in [6, 6.07) is 8.65. The van der Waals surface area contributed by atoms with Crippen molar-refractivity contribution in [3.63, 3.8) is 0 Å². The number of rotatable bonds is 22. The summed E-state index contributed by atoms with van der Waals surface area (Å²) < 4.78 is 142. The molecule has 0 spiro atoms. The average Bonchev–Trinajstić information content (AvgIpc) is 3.22. The van der Waals surface area contributed by atoms with Gasteiger partial charge in [-0.2, -0.15) is 51.7 Å². The molecule has 0 amide bonds. The fraction of sp³-hybridized carbons (Fsp3) is 0.103. The number of halogens is 1. The van der Waals surface area contributed by atoms with E-state index >= 15 is 0 Å². The van der Waals surface area contributed by atoms with Gasteiger partial charge in [0.25, 0.3) is 36.3 Å². The topological polar surface area (TPSA) is 433 Å². The lowest BCUT2D eigenvalue weighted by Crippen LogP contribution is -2.13. The molecule has 0 aliphatic carbocycles. The summed E-state index contributed by atoms with van der Waals surface area (Å²) in [5.41, 5.74) is -0.437. The minimum absolute atomic E-state index is 0.0125. The molecule has 5 rings (SSSR count). The van der Waals surface area contributed by atoms with Crippen LogP contribution in [0.15, 0.2) is 94.6 Å². The van der Waals surface area contributed by atoms with Gasteiger partial charge in [0.1, 0.15) is 38.4 Å². The highest BCUT2D eigenvalue weighted by molar-refractivity contribution is 7.94. The molecule has 66 heavy (non-hydrogen) atoms. The number of benzene rings is 4. The lowest BCUT2D eigenvalue weighted by molar-refractivity contribution is -0.434. The van der Waals surface area contributed by atoms with Crippen LogP contribution in [0.1, 0.15) is 0 Å². The predicted molar refractivity (Wildman–Crippen MR) is 226 cm³/mol. The summed E-state index contributed by atoms with van der Waals surface area (Å²) in [7, 11) is -19.4. The van der Waals surface area contributed by atoms with Crippen molar-refractivity contribution in [1.29, 1.82) is 0 Å². The van der Waals surface area contributed by atoms with Crippen LogP contribution in [0.5, 0.6) is 5.75 Å². The van der Waals surface area contributed by atoms with E-state index in [1.165, 1.54) is 0 Å². The summed E-state index contributed by atoms with van der Waals surface area (Å²) >= 11 is 6.11. The summed E-state index contributed by atoms with van der Waals surface area (Å²) in [4.78, 5) is 11.5. The van der Waals surface area contributed by atoms with E-state index in [-0.39, 0.29) is 68.6 Å². The standard InChI is InChI=1S/C29H24ClN11O19S6/c1-31-41-29-35-27(30)34-28(36-29)33-14-2-7-22(65(50,51)52)20(10-14)38-39-24-17-12-21(61-59-57-43)25(26(42)16(17)4-6-19(24)32-13-64(47,48)49)40-37-18-5-3-15(11-23(18)66(53,54)55)63(45,46)9-8-56-62-60-58-44/h2-7,10-12,32,42-44H,8-9,13H2,(H,47,48,49)(H,50,51,52)(H,53,54,55)(H2,33,34,35,36,41)/b39-38+,40-37+. The largest absolute Gasteiger partial charge is 0.505 e. The number of phenols is 1. The van der Waals surface area contributed by atoms with E-state index in [9.17, 15) is 52.4 Å². The van der Waals surface area contributed by atoms with Gasteiger partial charge in [0, 0.05) is 16.5 Å². The van der Waals surface area contributed by atoms with E-state index in [0.717, 1.165) is 48.5 Å². The first-order valence-corrected chi connectivity index (χ1v) is 24.5. The molecule has 37 heteroatoms. The molecule has 0 aliphatic rings. The minimum atomic E-state index is -5.25. The number of fused-ring (bicyclic) bond motifs is 1. The number of azo groups is 2.